The molecular weight excluding hydrogens is 268 g/mol. The van der Waals surface area contributed by atoms with Gasteiger partial charge < -0.3 is 14.4 Å². The SMILES string of the molecule is Clc1nc(OCCC2CC2)nc(N2CCOCC2)n1. The highest BCUT2D eigenvalue weighted by Crippen LogP contribution is 2.32. The van der Waals surface area contributed by atoms with E-state index >= 15 is 0 Å². The molecule has 0 amide bonds. The van der Waals surface area contributed by atoms with E-state index in [1.807, 2.05) is 4.90 Å². The van der Waals surface area contributed by atoms with Crippen molar-refractivity contribution in [1.29, 1.82) is 0 Å². The molecule has 1 aromatic heterocycles. The van der Waals surface area contributed by atoms with E-state index in [1.165, 1.54) is 12.8 Å². The molecule has 0 aromatic carbocycles. The van der Waals surface area contributed by atoms with E-state index in [0.29, 0.717) is 31.8 Å². The zero-order valence-electron chi connectivity index (χ0n) is 10.7. The maximum absolute atomic E-state index is 5.92. The van der Waals surface area contributed by atoms with Gasteiger partial charge in [0.2, 0.25) is 11.2 Å². The van der Waals surface area contributed by atoms with Crippen molar-refractivity contribution in [2.75, 3.05) is 37.8 Å². The van der Waals surface area contributed by atoms with Crippen molar-refractivity contribution < 1.29 is 9.47 Å². The van der Waals surface area contributed by atoms with Gasteiger partial charge in [-0.3, -0.25) is 0 Å². The third-order valence-corrected chi connectivity index (χ3v) is 3.49. The first-order valence-corrected chi connectivity index (χ1v) is 7.06. The predicted molar refractivity (Wildman–Crippen MR) is 70.7 cm³/mol. The lowest BCUT2D eigenvalue weighted by molar-refractivity contribution is 0.122. The molecule has 1 saturated heterocycles. The Hall–Kier alpha value is -1.14. The molecule has 7 heteroatoms. The number of hydrogen-bond acceptors (Lipinski definition) is 6. The van der Waals surface area contributed by atoms with Crippen LogP contribution in [0, 0.1) is 5.92 Å². The van der Waals surface area contributed by atoms with Gasteiger partial charge in [0.1, 0.15) is 0 Å². The molecule has 104 valence electrons. The molecular formula is C12H17ClN4O2. The lowest BCUT2D eigenvalue weighted by Gasteiger charge is -2.26. The summed E-state index contributed by atoms with van der Waals surface area (Å²) in [4.78, 5) is 14.5. The van der Waals surface area contributed by atoms with Crippen molar-refractivity contribution in [2.45, 2.75) is 19.3 Å². The monoisotopic (exact) mass is 284 g/mol. The average molecular weight is 285 g/mol. The summed E-state index contributed by atoms with van der Waals surface area (Å²) in [5.41, 5.74) is 0. The fourth-order valence-corrected chi connectivity index (χ4v) is 2.16. The summed E-state index contributed by atoms with van der Waals surface area (Å²) in [5, 5.41) is 0.179. The molecule has 1 aliphatic carbocycles. The van der Waals surface area contributed by atoms with E-state index in [-0.39, 0.29) is 5.28 Å². The second kappa shape index (κ2) is 5.88. The molecule has 1 aromatic rings. The van der Waals surface area contributed by atoms with Crippen molar-refractivity contribution in [3.63, 3.8) is 0 Å². The molecule has 6 nitrogen and oxygen atoms in total. The number of halogens is 1. The van der Waals surface area contributed by atoms with Crippen molar-refractivity contribution >= 4 is 17.5 Å². The average Bonchev–Trinajstić information content (AvgIpc) is 3.23. The van der Waals surface area contributed by atoms with Crippen LogP contribution in [0.1, 0.15) is 19.3 Å². The lowest BCUT2D eigenvalue weighted by atomic mass is 10.3. The molecule has 0 spiro atoms. The number of hydrogen-bond donors (Lipinski definition) is 0. The van der Waals surface area contributed by atoms with Crippen LogP contribution in [0.3, 0.4) is 0 Å². The van der Waals surface area contributed by atoms with Crippen LogP contribution >= 0.6 is 11.6 Å². The molecule has 3 rings (SSSR count). The van der Waals surface area contributed by atoms with Gasteiger partial charge in [0, 0.05) is 13.1 Å². The van der Waals surface area contributed by atoms with Crippen molar-refractivity contribution in [3.8, 4) is 6.01 Å². The highest BCUT2D eigenvalue weighted by atomic mass is 35.5. The highest BCUT2D eigenvalue weighted by molar-refractivity contribution is 6.28. The van der Waals surface area contributed by atoms with Crippen LogP contribution in [0.5, 0.6) is 6.01 Å². The van der Waals surface area contributed by atoms with Gasteiger partial charge in [-0.25, -0.2) is 0 Å². The third-order valence-electron chi connectivity index (χ3n) is 3.32. The molecule has 1 saturated carbocycles. The zero-order chi connectivity index (χ0) is 13.1. The van der Waals surface area contributed by atoms with Gasteiger partial charge in [0.15, 0.2) is 0 Å². The second-order valence-electron chi connectivity index (χ2n) is 4.87. The van der Waals surface area contributed by atoms with E-state index in [9.17, 15) is 0 Å². The second-order valence-corrected chi connectivity index (χ2v) is 5.21. The molecule has 19 heavy (non-hydrogen) atoms. The normalized spacial score (nSPS) is 19.5. The number of morpholine rings is 1. The van der Waals surface area contributed by atoms with Gasteiger partial charge in [-0.15, -0.1) is 0 Å². The van der Waals surface area contributed by atoms with Crippen molar-refractivity contribution in [2.24, 2.45) is 5.92 Å². The number of rotatable bonds is 5. The van der Waals surface area contributed by atoms with Crippen LogP contribution in [-0.2, 0) is 4.74 Å². The zero-order valence-corrected chi connectivity index (χ0v) is 11.5. The van der Waals surface area contributed by atoms with Crippen LogP contribution in [-0.4, -0.2) is 47.9 Å². The number of ether oxygens (including phenoxy) is 2. The first-order valence-electron chi connectivity index (χ1n) is 6.68. The quantitative estimate of drug-likeness (QED) is 0.817. The topological polar surface area (TPSA) is 60.4 Å². The van der Waals surface area contributed by atoms with Gasteiger partial charge in [-0.05, 0) is 23.9 Å². The van der Waals surface area contributed by atoms with E-state index in [4.69, 9.17) is 21.1 Å². The van der Waals surface area contributed by atoms with Gasteiger partial charge in [0.05, 0.1) is 19.8 Å². The Morgan fingerprint density at radius 1 is 1.21 bits per heavy atom. The first kappa shape index (κ1) is 12.9. The van der Waals surface area contributed by atoms with Crippen molar-refractivity contribution in [3.05, 3.63) is 5.28 Å². The van der Waals surface area contributed by atoms with Gasteiger partial charge in [-0.2, -0.15) is 15.0 Å². The summed E-state index contributed by atoms with van der Waals surface area (Å²) < 4.78 is 10.9. The highest BCUT2D eigenvalue weighted by Gasteiger charge is 2.21. The minimum Gasteiger partial charge on any atom is -0.463 e. The fraction of sp³-hybridized carbons (Fsp3) is 0.750. The number of aromatic nitrogens is 3. The minimum absolute atomic E-state index is 0.179. The van der Waals surface area contributed by atoms with Crippen LogP contribution in [0.15, 0.2) is 0 Å². The van der Waals surface area contributed by atoms with Crippen LogP contribution in [0.25, 0.3) is 0 Å². The van der Waals surface area contributed by atoms with E-state index < -0.39 is 0 Å². The van der Waals surface area contributed by atoms with Gasteiger partial charge in [0.25, 0.3) is 0 Å². The Labute approximate surface area is 117 Å². The standard InChI is InChI=1S/C12H17ClN4O2/c13-10-14-11(17-4-7-18-8-5-17)16-12(15-10)19-6-3-9-1-2-9/h9H,1-8H2. The summed E-state index contributed by atoms with van der Waals surface area (Å²) >= 11 is 5.92. The molecule has 2 fully saturated rings. The van der Waals surface area contributed by atoms with E-state index in [2.05, 4.69) is 15.0 Å². The molecule has 0 N–H and O–H groups in total. The van der Waals surface area contributed by atoms with Gasteiger partial charge >= 0.3 is 6.01 Å². The summed E-state index contributed by atoms with van der Waals surface area (Å²) in [6.45, 7) is 3.54. The minimum atomic E-state index is 0.179. The largest absolute Gasteiger partial charge is 0.463 e. The fourth-order valence-electron chi connectivity index (χ4n) is 2.01. The molecule has 0 bridgehead atoms. The Bertz CT molecular complexity index is 436. The molecule has 2 heterocycles. The molecule has 0 radical (unpaired) electrons. The summed E-state index contributed by atoms with van der Waals surface area (Å²) in [6.07, 6.45) is 3.71. The van der Waals surface area contributed by atoms with Crippen LogP contribution in [0.4, 0.5) is 5.95 Å². The Balaban J connectivity index is 1.63. The van der Waals surface area contributed by atoms with Crippen LogP contribution in [0.2, 0.25) is 5.28 Å². The first-order chi connectivity index (χ1) is 9.31. The third kappa shape index (κ3) is 3.67. The molecule has 0 atom stereocenters. The summed E-state index contributed by atoms with van der Waals surface area (Å²) in [7, 11) is 0. The summed E-state index contributed by atoms with van der Waals surface area (Å²) in [6, 6.07) is 0.321. The number of anilines is 1. The van der Waals surface area contributed by atoms with Gasteiger partial charge in [-0.1, -0.05) is 12.8 Å². The number of nitrogens with zero attached hydrogens (tertiary/aromatic N) is 4. The lowest BCUT2D eigenvalue weighted by Crippen LogP contribution is -2.37. The Kier molecular flexibility index (Phi) is 3.98. The van der Waals surface area contributed by atoms with E-state index in [0.717, 1.165) is 25.4 Å². The molecule has 0 unspecified atom stereocenters. The van der Waals surface area contributed by atoms with Crippen molar-refractivity contribution in [1.82, 2.24) is 15.0 Å². The molecule has 1 aliphatic heterocycles. The maximum Gasteiger partial charge on any atom is 0.322 e. The smallest absolute Gasteiger partial charge is 0.322 e. The van der Waals surface area contributed by atoms with Crippen LogP contribution < -0.4 is 9.64 Å². The summed E-state index contributed by atoms with van der Waals surface area (Å²) in [5.74, 6) is 1.40. The maximum atomic E-state index is 5.92. The Morgan fingerprint density at radius 3 is 2.74 bits per heavy atom. The Morgan fingerprint density at radius 2 is 2.00 bits per heavy atom. The van der Waals surface area contributed by atoms with E-state index in [1.54, 1.807) is 0 Å². The predicted octanol–water partition coefficient (Wildman–Crippen LogP) is 1.54. The molecule has 2 aliphatic rings.